The second kappa shape index (κ2) is 8.24. The molecule has 1 amide bonds. The average molecular weight is 398 g/mol. The van der Waals surface area contributed by atoms with Crippen LogP contribution in [0.5, 0.6) is 0 Å². The summed E-state index contributed by atoms with van der Waals surface area (Å²) in [5.74, 6) is 0.337. The zero-order valence-corrected chi connectivity index (χ0v) is 16.5. The highest BCUT2D eigenvalue weighted by molar-refractivity contribution is 7.90. The van der Waals surface area contributed by atoms with Gasteiger partial charge in [0.15, 0.2) is 0 Å². The van der Waals surface area contributed by atoms with E-state index in [-0.39, 0.29) is 23.2 Å². The van der Waals surface area contributed by atoms with Crippen LogP contribution < -0.4 is 5.32 Å². The first kappa shape index (κ1) is 20.5. The Balaban J connectivity index is 0.00000243. The Labute approximate surface area is 160 Å². The molecule has 0 spiro atoms. The lowest BCUT2D eigenvalue weighted by Gasteiger charge is -2.15. The maximum atomic E-state index is 12.7. The lowest BCUT2D eigenvalue weighted by Crippen LogP contribution is -2.30. The fourth-order valence-corrected chi connectivity index (χ4v) is 4.34. The van der Waals surface area contributed by atoms with E-state index in [4.69, 9.17) is 0 Å². The summed E-state index contributed by atoms with van der Waals surface area (Å²) in [5, 5.41) is 3.13. The minimum Gasteiger partial charge on any atom is -0.338 e. The topological polar surface area (TPSA) is 71.4 Å². The van der Waals surface area contributed by atoms with Crippen LogP contribution in [0, 0.1) is 12.8 Å². The molecule has 1 aliphatic rings. The largest absolute Gasteiger partial charge is 0.338 e. The summed E-state index contributed by atoms with van der Waals surface area (Å²) in [7, 11) is -1.77. The fourth-order valence-electron chi connectivity index (χ4n) is 3.14. The first-order valence-electron chi connectivity index (χ1n) is 8.36. The van der Waals surface area contributed by atoms with Gasteiger partial charge in [-0.1, -0.05) is 17.7 Å². The molecule has 1 atom stereocenters. The van der Waals surface area contributed by atoms with Gasteiger partial charge >= 0.3 is 0 Å². The van der Waals surface area contributed by atoms with Crippen LogP contribution in [-0.4, -0.2) is 49.9 Å². The van der Waals surface area contributed by atoms with E-state index >= 15 is 0 Å². The number of aryl methyl sites for hydroxylation is 1. The quantitative estimate of drug-likeness (QED) is 0.839. The highest BCUT2D eigenvalue weighted by atomic mass is 35.5. The molecular weight excluding hydrogens is 374 g/mol. The van der Waals surface area contributed by atoms with Gasteiger partial charge in [0.25, 0.3) is 15.9 Å². The van der Waals surface area contributed by atoms with Gasteiger partial charge in [-0.15, -0.1) is 12.4 Å². The van der Waals surface area contributed by atoms with Crippen LogP contribution in [0.1, 0.15) is 22.3 Å². The van der Waals surface area contributed by atoms with Crippen molar-refractivity contribution in [3.8, 4) is 0 Å². The molecule has 1 N–H and O–H groups in total. The van der Waals surface area contributed by atoms with Gasteiger partial charge in [0, 0.05) is 25.5 Å². The van der Waals surface area contributed by atoms with Crippen LogP contribution in [0.25, 0.3) is 0 Å². The SMILES string of the molecule is CNCC1CCN(C(=O)c2ccn(S(=O)(=O)c3ccc(C)cc3)c2)C1.Cl. The van der Waals surface area contributed by atoms with Crippen LogP contribution in [-0.2, 0) is 10.0 Å². The van der Waals surface area contributed by atoms with Crippen molar-refractivity contribution in [2.24, 2.45) is 5.92 Å². The zero-order valence-electron chi connectivity index (χ0n) is 14.9. The number of hydrogen-bond donors (Lipinski definition) is 1. The summed E-state index contributed by atoms with van der Waals surface area (Å²) in [6.45, 7) is 4.20. The molecule has 1 aliphatic heterocycles. The van der Waals surface area contributed by atoms with Gasteiger partial charge in [-0.25, -0.2) is 12.4 Å². The van der Waals surface area contributed by atoms with Crippen molar-refractivity contribution in [1.82, 2.24) is 14.2 Å². The van der Waals surface area contributed by atoms with Crippen LogP contribution in [0.3, 0.4) is 0 Å². The number of carbonyl (C=O) groups is 1. The van der Waals surface area contributed by atoms with Crippen molar-refractivity contribution in [3.63, 3.8) is 0 Å². The predicted molar refractivity (Wildman–Crippen MR) is 103 cm³/mol. The Morgan fingerprint density at radius 2 is 1.92 bits per heavy atom. The van der Waals surface area contributed by atoms with E-state index in [9.17, 15) is 13.2 Å². The number of rotatable bonds is 5. The summed E-state index contributed by atoms with van der Waals surface area (Å²) in [6, 6.07) is 8.24. The molecule has 26 heavy (non-hydrogen) atoms. The molecule has 0 aliphatic carbocycles. The Hall–Kier alpha value is -1.83. The van der Waals surface area contributed by atoms with Crippen LogP contribution >= 0.6 is 12.4 Å². The van der Waals surface area contributed by atoms with Gasteiger partial charge in [0.1, 0.15) is 0 Å². The summed E-state index contributed by atoms with van der Waals surface area (Å²) in [6.07, 6.45) is 3.81. The Morgan fingerprint density at radius 1 is 1.23 bits per heavy atom. The average Bonchev–Trinajstić information content (AvgIpc) is 3.25. The summed E-state index contributed by atoms with van der Waals surface area (Å²) < 4.78 is 26.5. The number of nitrogens with one attached hydrogen (secondary N) is 1. The smallest absolute Gasteiger partial charge is 0.267 e. The predicted octanol–water partition coefficient (Wildman–Crippen LogP) is 2.14. The Bertz CT molecular complexity index is 862. The van der Waals surface area contributed by atoms with Gasteiger partial charge < -0.3 is 10.2 Å². The van der Waals surface area contributed by atoms with Gasteiger partial charge in [-0.2, -0.15) is 0 Å². The van der Waals surface area contributed by atoms with E-state index in [2.05, 4.69) is 5.32 Å². The second-order valence-corrected chi connectivity index (χ2v) is 8.35. The zero-order chi connectivity index (χ0) is 18.0. The van der Waals surface area contributed by atoms with E-state index in [1.165, 1.54) is 12.4 Å². The molecule has 3 rings (SSSR count). The van der Waals surface area contributed by atoms with Crippen LogP contribution in [0.2, 0.25) is 0 Å². The summed E-state index contributed by atoms with van der Waals surface area (Å²) in [4.78, 5) is 14.6. The van der Waals surface area contributed by atoms with E-state index in [1.54, 1.807) is 35.2 Å². The lowest BCUT2D eigenvalue weighted by molar-refractivity contribution is 0.0787. The number of aromatic nitrogens is 1. The van der Waals surface area contributed by atoms with Crippen molar-refractivity contribution in [1.29, 1.82) is 0 Å². The van der Waals surface area contributed by atoms with Crippen LogP contribution in [0.15, 0.2) is 47.6 Å². The molecule has 1 aromatic heterocycles. The number of nitrogens with zero attached hydrogens (tertiary/aromatic N) is 2. The summed E-state index contributed by atoms with van der Waals surface area (Å²) in [5.41, 5.74) is 1.40. The minimum atomic E-state index is -3.68. The maximum Gasteiger partial charge on any atom is 0.267 e. The lowest BCUT2D eigenvalue weighted by atomic mass is 10.1. The monoisotopic (exact) mass is 397 g/mol. The third-order valence-corrected chi connectivity index (χ3v) is 6.23. The number of carbonyl (C=O) groups excluding carboxylic acids is 1. The Kier molecular flexibility index (Phi) is 6.49. The molecular formula is C18H24ClN3O3S. The molecule has 0 radical (unpaired) electrons. The van der Waals surface area contributed by atoms with Crippen molar-refractivity contribution in [2.75, 3.05) is 26.7 Å². The van der Waals surface area contributed by atoms with E-state index in [0.717, 1.165) is 22.5 Å². The molecule has 2 aromatic rings. The minimum absolute atomic E-state index is 0. The maximum absolute atomic E-state index is 12.7. The van der Waals surface area contributed by atoms with Crippen molar-refractivity contribution in [3.05, 3.63) is 53.9 Å². The van der Waals surface area contributed by atoms with Gasteiger partial charge in [-0.3, -0.25) is 4.79 Å². The van der Waals surface area contributed by atoms with E-state index in [0.29, 0.717) is 24.6 Å². The van der Waals surface area contributed by atoms with Crippen molar-refractivity contribution >= 4 is 28.3 Å². The van der Waals surface area contributed by atoms with Crippen LogP contribution in [0.4, 0.5) is 0 Å². The van der Waals surface area contributed by atoms with Gasteiger partial charge in [-0.05, 0) is 51.1 Å². The third kappa shape index (κ3) is 4.11. The fraction of sp³-hybridized carbons (Fsp3) is 0.389. The first-order chi connectivity index (χ1) is 11.9. The second-order valence-electron chi connectivity index (χ2n) is 6.51. The van der Waals surface area contributed by atoms with Crippen molar-refractivity contribution < 1.29 is 13.2 Å². The van der Waals surface area contributed by atoms with E-state index in [1.807, 2.05) is 14.0 Å². The molecule has 142 valence electrons. The number of halogens is 1. The molecule has 1 saturated heterocycles. The van der Waals surface area contributed by atoms with Gasteiger partial charge in [0.2, 0.25) is 0 Å². The molecule has 8 heteroatoms. The normalized spacial score (nSPS) is 17.2. The molecule has 6 nitrogen and oxygen atoms in total. The molecule has 1 aromatic carbocycles. The Morgan fingerprint density at radius 3 is 2.58 bits per heavy atom. The highest BCUT2D eigenvalue weighted by Gasteiger charge is 2.27. The van der Waals surface area contributed by atoms with Crippen molar-refractivity contribution in [2.45, 2.75) is 18.2 Å². The standard InChI is InChI=1S/C18H23N3O3S.ClH/c1-14-3-5-17(6-4-14)25(23,24)21-10-8-16(13-21)18(22)20-9-7-15(12-20)11-19-2;/h3-6,8,10,13,15,19H,7,9,11-12H2,1-2H3;1H. The molecule has 0 saturated carbocycles. The number of amides is 1. The molecule has 1 fully saturated rings. The number of benzene rings is 1. The number of likely N-dealkylation sites (tertiary alicyclic amines) is 1. The molecule has 2 heterocycles. The highest BCUT2D eigenvalue weighted by Crippen LogP contribution is 2.20. The number of hydrogen-bond acceptors (Lipinski definition) is 4. The van der Waals surface area contributed by atoms with Gasteiger partial charge in [0.05, 0.1) is 10.5 Å². The third-order valence-electron chi connectivity index (χ3n) is 4.58. The first-order valence-corrected chi connectivity index (χ1v) is 9.80. The van der Waals surface area contributed by atoms with E-state index < -0.39 is 10.0 Å². The molecule has 1 unspecified atom stereocenters. The molecule has 0 bridgehead atoms. The summed E-state index contributed by atoms with van der Waals surface area (Å²) >= 11 is 0.